The lowest BCUT2D eigenvalue weighted by molar-refractivity contribution is -0.134. The first-order valence-electron chi connectivity index (χ1n) is 10.3. The smallest absolute Gasteiger partial charge is 0.236 e. The third-order valence-electron chi connectivity index (χ3n) is 5.86. The Morgan fingerprint density at radius 2 is 1.96 bits per heavy atom. The highest BCUT2D eigenvalue weighted by atomic mass is 16.3. The molecule has 150 valence electrons. The molecule has 0 aromatic carbocycles. The molecule has 1 amide bonds. The Balaban J connectivity index is 1.31. The zero-order chi connectivity index (χ0) is 19.3. The van der Waals surface area contributed by atoms with Gasteiger partial charge in [0.2, 0.25) is 5.91 Å². The molecule has 0 bridgehead atoms. The van der Waals surface area contributed by atoms with Crippen molar-refractivity contribution in [2.24, 2.45) is 0 Å². The van der Waals surface area contributed by atoms with Gasteiger partial charge in [-0.05, 0) is 44.4 Å². The molecule has 1 N–H and O–H groups in total. The number of hydrogen-bond donors (Lipinski definition) is 1. The summed E-state index contributed by atoms with van der Waals surface area (Å²) < 4.78 is 2.18. The Kier molecular flexibility index (Phi) is 6.02. The first-order valence-corrected chi connectivity index (χ1v) is 10.3. The first kappa shape index (κ1) is 19.1. The summed E-state index contributed by atoms with van der Waals surface area (Å²) in [6.07, 6.45) is 9.10. The molecular formula is C21H29N5O2. The molecule has 7 nitrogen and oxygen atoms in total. The van der Waals surface area contributed by atoms with Crippen LogP contribution in [0.2, 0.25) is 0 Å². The summed E-state index contributed by atoms with van der Waals surface area (Å²) in [4.78, 5) is 25.7. The fourth-order valence-electron chi connectivity index (χ4n) is 4.33. The number of pyridine rings is 1. The number of hydrogen-bond acceptors (Lipinski definition) is 5. The predicted octanol–water partition coefficient (Wildman–Crippen LogP) is 1.49. The topological polar surface area (TPSA) is 74.5 Å². The number of piperidine rings is 2. The van der Waals surface area contributed by atoms with E-state index in [4.69, 9.17) is 0 Å². The van der Waals surface area contributed by atoms with Crippen molar-refractivity contribution in [1.82, 2.24) is 24.3 Å². The van der Waals surface area contributed by atoms with E-state index in [1.807, 2.05) is 41.7 Å². The Morgan fingerprint density at radius 1 is 1.11 bits per heavy atom. The van der Waals surface area contributed by atoms with Crippen LogP contribution in [0.25, 0.3) is 0 Å². The van der Waals surface area contributed by atoms with Gasteiger partial charge in [-0.3, -0.25) is 14.7 Å². The minimum absolute atomic E-state index is 0.185. The molecule has 2 fully saturated rings. The van der Waals surface area contributed by atoms with Crippen molar-refractivity contribution in [1.29, 1.82) is 0 Å². The molecule has 0 radical (unpaired) electrons. The van der Waals surface area contributed by atoms with Crippen molar-refractivity contribution in [2.45, 2.75) is 44.2 Å². The van der Waals surface area contributed by atoms with E-state index in [0.29, 0.717) is 19.0 Å². The van der Waals surface area contributed by atoms with Crippen LogP contribution < -0.4 is 0 Å². The van der Waals surface area contributed by atoms with Gasteiger partial charge in [0.15, 0.2) is 0 Å². The number of carbonyl (C=O) groups is 1. The largest absolute Gasteiger partial charge is 0.392 e. The van der Waals surface area contributed by atoms with Gasteiger partial charge in [-0.2, -0.15) is 0 Å². The standard InChI is InChI=1S/C21H29N5O2/c27-19-5-3-10-24(15-19)16-20(28)25-11-6-17(7-12-25)21-23-9-13-26(21)14-18-4-1-2-8-22-18/h1-2,4,8-9,13,17,19,27H,3,5-7,10-12,14-16H2/t19-/m1/s1. The number of aromatic nitrogens is 3. The fraction of sp³-hybridized carbons (Fsp3) is 0.571. The Bertz CT molecular complexity index is 770. The Labute approximate surface area is 166 Å². The average Bonchev–Trinajstić information content (AvgIpc) is 3.17. The summed E-state index contributed by atoms with van der Waals surface area (Å²) >= 11 is 0. The lowest BCUT2D eigenvalue weighted by Gasteiger charge is -2.35. The van der Waals surface area contributed by atoms with Gasteiger partial charge in [-0.25, -0.2) is 4.98 Å². The maximum Gasteiger partial charge on any atom is 0.236 e. The van der Waals surface area contributed by atoms with Crippen LogP contribution in [0.5, 0.6) is 0 Å². The van der Waals surface area contributed by atoms with E-state index >= 15 is 0 Å². The molecule has 2 saturated heterocycles. The summed E-state index contributed by atoms with van der Waals surface area (Å²) in [5, 5.41) is 9.79. The van der Waals surface area contributed by atoms with Crippen LogP contribution in [0, 0.1) is 0 Å². The van der Waals surface area contributed by atoms with E-state index in [9.17, 15) is 9.90 Å². The van der Waals surface area contributed by atoms with E-state index in [0.717, 1.165) is 63.4 Å². The van der Waals surface area contributed by atoms with Gasteiger partial charge >= 0.3 is 0 Å². The molecule has 28 heavy (non-hydrogen) atoms. The van der Waals surface area contributed by atoms with Gasteiger partial charge in [-0.15, -0.1) is 0 Å². The number of amides is 1. The molecule has 2 aliphatic heterocycles. The van der Waals surface area contributed by atoms with E-state index < -0.39 is 0 Å². The summed E-state index contributed by atoms with van der Waals surface area (Å²) in [5.74, 6) is 1.65. The minimum Gasteiger partial charge on any atom is -0.392 e. The molecule has 7 heteroatoms. The van der Waals surface area contributed by atoms with Gasteiger partial charge in [0.05, 0.1) is 24.9 Å². The molecule has 0 spiro atoms. The lowest BCUT2D eigenvalue weighted by Crippen LogP contribution is -2.47. The monoisotopic (exact) mass is 383 g/mol. The van der Waals surface area contributed by atoms with Crippen LogP contribution in [0.15, 0.2) is 36.8 Å². The molecule has 0 saturated carbocycles. The SMILES string of the molecule is O=C(CN1CCC[C@@H](O)C1)N1CCC(c2nccn2Cc2ccccn2)CC1. The molecule has 1 atom stereocenters. The third-order valence-corrected chi connectivity index (χ3v) is 5.86. The second-order valence-corrected chi connectivity index (χ2v) is 7.92. The van der Waals surface area contributed by atoms with Crippen LogP contribution in [-0.4, -0.2) is 74.2 Å². The quantitative estimate of drug-likeness (QED) is 0.847. The number of imidazole rings is 1. The zero-order valence-corrected chi connectivity index (χ0v) is 16.3. The summed E-state index contributed by atoms with van der Waals surface area (Å²) in [5.41, 5.74) is 1.03. The van der Waals surface area contributed by atoms with Crippen LogP contribution >= 0.6 is 0 Å². The van der Waals surface area contributed by atoms with Crippen molar-refractivity contribution < 1.29 is 9.90 Å². The van der Waals surface area contributed by atoms with Gasteiger partial charge in [0, 0.05) is 44.1 Å². The van der Waals surface area contributed by atoms with Crippen molar-refractivity contribution >= 4 is 5.91 Å². The highest BCUT2D eigenvalue weighted by molar-refractivity contribution is 5.78. The van der Waals surface area contributed by atoms with Crippen molar-refractivity contribution in [3.05, 3.63) is 48.3 Å². The fourth-order valence-corrected chi connectivity index (χ4v) is 4.33. The Morgan fingerprint density at radius 3 is 2.71 bits per heavy atom. The van der Waals surface area contributed by atoms with Gasteiger partial charge in [0.25, 0.3) is 0 Å². The molecule has 0 aliphatic carbocycles. The molecule has 0 unspecified atom stereocenters. The van der Waals surface area contributed by atoms with E-state index in [2.05, 4.69) is 19.4 Å². The third kappa shape index (κ3) is 4.59. The number of likely N-dealkylation sites (tertiary alicyclic amines) is 2. The second kappa shape index (κ2) is 8.84. The zero-order valence-electron chi connectivity index (χ0n) is 16.3. The van der Waals surface area contributed by atoms with Crippen LogP contribution in [-0.2, 0) is 11.3 Å². The number of aliphatic hydroxyl groups is 1. The molecular weight excluding hydrogens is 354 g/mol. The normalized spacial score (nSPS) is 21.8. The van der Waals surface area contributed by atoms with Crippen molar-refractivity contribution in [2.75, 3.05) is 32.7 Å². The highest BCUT2D eigenvalue weighted by Gasteiger charge is 2.28. The van der Waals surface area contributed by atoms with Crippen molar-refractivity contribution in [3.63, 3.8) is 0 Å². The number of nitrogens with zero attached hydrogens (tertiary/aromatic N) is 5. The average molecular weight is 383 g/mol. The van der Waals surface area contributed by atoms with Crippen LogP contribution in [0.1, 0.15) is 43.1 Å². The van der Waals surface area contributed by atoms with E-state index in [-0.39, 0.29) is 12.0 Å². The first-order chi connectivity index (χ1) is 13.7. The summed E-state index contributed by atoms with van der Waals surface area (Å²) in [7, 11) is 0. The Hall–Kier alpha value is -2.25. The maximum absolute atomic E-state index is 12.6. The summed E-state index contributed by atoms with van der Waals surface area (Å²) in [6, 6.07) is 5.96. The second-order valence-electron chi connectivity index (χ2n) is 7.92. The van der Waals surface area contributed by atoms with Gasteiger partial charge in [0.1, 0.15) is 5.82 Å². The molecule has 4 rings (SSSR count). The lowest BCUT2D eigenvalue weighted by atomic mass is 9.95. The molecule has 2 aromatic heterocycles. The number of carbonyl (C=O) groups excluding carboxylic acids is 1. The molecule has 4 heterocycles. The molecule has 2 aliphatic rings. The maximum atomic E-state index is 12.6. The van der Waals surface area contributed by atoms with Crippen molar-refractivity contribution in [3.8, 4) is 0 Å². The van der Waals surface area contributed by atoms with Gasteiger partial charge in [-0.1, -0.05) is 6.07 Å². The molecule has 2 aromatic rings. The van der Waals surface area contributed by atoms with E-state index in [1.54, 1.807) is 0 Å². The minimum atomic E-state index is -0.287. The van der Waals surface area contributed by atoms with Gasteiger partial charge < -0.3 is 14.6 Å². The van der Waals surface area contributed by atoms with Crippen LogP contribution in [0.3, 0.4) is 0 Å². The number of aliphatic hydroxyl groups excluding tert-OH is 1. The van der Waals surface area contributed by atoms with E-state index in [1.165, 1.54) is 0 Å². The predicted molar refractivity (Wildman–Crippen MR) is 106 cm³/mol. The highest BCUT2D eigenvalue weighted by Crippen LogP contribution is 2.27. The van der Waals surface area contributed by atoms with Crippen LogP contribution in [0.4, 0.5) is 0 Å². The number of β-amino-alcohol motifs (C(OH)–C–C–N with tert-alkyl or cyclic N) is 1. The number of rotatable bonds is 5. The summed E-state index contributed by atoms with van der Waals surface area (Å²) in [6.45, 7) is 4.23.